The predicted octanol–water partition coefficient (Wildman–Crippen LogP) is 1.31. The Labute approximate surface area is 186 Å². The maximum absolute atomic E-state index is 12.3. The predicted molar refractivity (Wildman–Crippen MR) is 119 cm³/mol. The number of pyridine rings is 1. The van der Waals surface area contributed by atoms with Crippen LogP contribution in [0.1, 0.15) is 18.4 Å². The van der Waals surface area contributed by atoms with Gasteiger partial charge in [0.1, 0.15) is 6.04 Å². The van der Waals surface area contributed by atoms with Crippen molar-refractivity contribution in [2.45, 2.75) is 31.8 Å². The van der Waals surface area contributed by atoms with Gasteiger partial charge in [-0.15, -0.1) is 0 Å². The van der Waals surface area contributed by atoms with Gasteiger partial charge in [0.25, 0.3) is 0 Å². The number of nitrogens with zero attached hydrogens (tertiary/aromatic N) is 3. The van der Waals surface area contributed by atoms with Crippen molar-refractivity contribution in [3.8, 4) is 17.1 Å². The number of hydrogen-bond donors (Lipinski definition) is 3. The minimum Gasteiger partial charge on any atom is -0.478 e. The summed E-state index contributed by atoms with van der Waals surface area (Å²) in [4.78, 5) is 28.1. The van der Waals surface area contributed by atoms with Crippen LogP contribution in [-0.2, 0) is 22.6 Å². The molecular weight excluding hydrogens is 410 g/mol. The molecule has 3 aromatic rings. The van der Waals surface area contributed by atoms with E-state index in [9.17, 15) is 14.7 Å². The molecule has 0 spiro atoms. The van der Waals surface area contributed by atoms with Gasteiger partial charge in [-0.1, -0.05) is 30.3 Å². The Kier molecular flexibility index (Phi) is 8.33. The topological polar surface area (TPSA) is 132 Å². The molecule has 1 aromatic carbocycles. The number of amides is 2. The van der Waals surface area contributed by atoms with E-state index in [0.717, 1.165) is 11.1 Å². The van der Waals surface area contributed by atoms with Crippen LogP contribution in [0, 0.1) is 0 Å². The first-order valence-electron chi connectivity index (χ1n) is 10.4. The van der Waals surface area contributed by atoms with Gasteiger partial charge >= 0.3 is 0 Å². The van der Waals surface area contributed by atoms with Crippen molar-refractivity contribution >= 4 is 11.8 Å². The molecule has 0 saturated heterocycles. The molecule has 0 radical (unpaired) electrons. The second-order valence-electron chi connectivity index (χ2n) is 7.22. The van der Waals surface area contributed by atoms with Crippen molar-refractivity contribution in [2.24, 2.45) is 5.73 Å². The molecule has 0 aliphatic rings. The van der Waals surface area contributed by atoms with Crippen LogP contribution in [0.15, 0.2) is 60.9 Å². The van der Waals surface area contributed by atoms with Crippen molar-refractivity contribution < 1.29 is 19.4 Å². The molecule has 0 aliphatic heterocycles. The summed E-state index contributed by atoms with van der Waals surface area (Å²) in [5, 5.41) is 16.4. The fraction of sp³-hybridized carbons (Fsp3) is 0.304. The lowest BCUT2D eigenvalue weighted by Gasteiger charge is -2.15. The maximum atomic E-state index is 12.3. The number of ether oxygens (including phenoxy) is 1. The van der Waals surface area contributed by atoms with Crippen LogP contribution in [0.2, 0.25) is 0 Å². The first-order chi connectivity index (χ1) is 15.6. The molecule has 0 fully saturated rings. The van der Waals surface area contributed by atoms with E-state index in [1.165, 1.54) is 0 Å². The lowest BCUT2D eigenvalue weighted by atomic mass is 10.1. The summed E-state index contributed by atoms with van der Waals surface area (Å²) in [5.41, 5.74) is 7.89. The number of aliphatic hydroxyl groups excluding tert-OH is 1. The zero-order valence-electron chi connectivity index (χ0n) is 17.7. The van der Waals surface area contributed by atoms with Gasteiger partial charge < -0.3 is 20.9 Å². The smallest absolute Gasteiger partial charge is 0.240 e. The van der Waals surface area contributed by atoms with Crippen LogP contribution in [-0.4, -0.2) is 50.9 Å². The highest BCUT2D eigenvalue weighted by Gasteiger charge is 2.18. The summed E-state index contributed by atoms with van der Waals surface area (Å²) >= 11 is 0. The number of benzene rings is 1. The van der Waals surface area contributed by atoms with E-state index in [4.69, 9.17) is 10.5 Å². The summed E-state index contributed by atoms with van der Waals surface area (Å²) in [6.07, 6.45) is 4.34. The van der Waals surface area contributed by atoms with E-state index >= 15 is 0 Å². The van der Waals surface area contributed by atoms with Crippen molar-refractivity contribution in [3.63, 3.8) is 0 Å². The molecule has 3 rings (SSSR count). The van der Waals surface area contributed by atoms with Crippen molar-refractivity contribution in [1.82, 2.24) is 20.1 Å². The molecule has 0 unspecified atom stereocenters. The average molecular weight is 438 g/mol. The minimum atomic E-state index is -0.765. The lowest BCUT2D eigenvalue weighted by Crippen LogP contribution is -2.45. The zero-order chi connectivity index (χ0) is 22.8. The molecular formula is C23H27N5O4. The minimum absolute atomic E-state index is 0.0805. The highest BCUT2D eigenvalue weighted by atomic mass is 16.5. The van der Waals surface area contributed by atoms with Gasteiger partial charge in [-0.25, -0.2) is 4.68 Å². The molecule has 2 amide bonds. The number of rotatable bonds is 12. The van der Waals surface area contributed by atoms with E-state index in [2.05, 4.69) is 15.4 Å². The first kappa shape index (κ1) is 23.0. The Morgan fingerprint density at radius 1 is 1.19 bits per heavy atom. The second kappa shape index (κ2) is 11.6. The van der Waals surface area contributed by atoms with Crippen LogP contribution >= 0.6 is 0 Å². The van der Waals surface area contributed by atoms with Crippen LogP contribution in [0.3, 0.4) is 0 Å². The summed E-state index contributed by atoms with van der Waals surface area (Å²) in [5.74, 6) is -0.347. The van der Waals surface area contributed by atoms with Crippen molar-refractivity contribution in [3.05, 3.63) is 66.5 Å². The monoisotopic (exact) mass is 437 g/mol. The number of hydrogen-bond acceptors (Lipinski definition) is 6. The number of aliphatic hydroxyl groups is 1. The molecule has 2 heterocycles. The summed E-state index contributed by atoms with van der Waals surface area (Å²) in [6, 6.07) is 14.1. The van der Waals surface area contributed by atoms with Crippen LogP contribution in [0.4, 0.5) is 0 Å². The molecule has 4 N–H and O–H groups in total. The molecule has 0 aliphatic carbocycles. The van der Waals surface area contributed by atoms with Gasteiger partial charge in [0, 0.05) is 36.9 Å². The van der Waals surface area contributed by atoms with Gasteiger partial charge in [0.2, 0.25) is 17.7 Å². The Morgan fingerprint density at radius 2 is 2.00 bits per heavy atom. The first-order valence-corrected chi connectivity index (χ1v) is 10.4. The SMILES string of the molecule is NC(=O)[C@H](Cc1ccccc1)NC(=O)CCCOc1cc(-c2cccnc2)nn1CCO. The highest BCUT2D eigenvalue weighted by Crippen LogP contribution is 2.22. The fourth-order valence-electron chi connectivity index (χ4n) is 3.17. The quantitative estimate of drug-likeness (QED) is 0.366. The van der Waals surface area contributed by atoms with E-state index in [-0.39, 0.29) is 32.1 Å². The Bertz CT molecular complexity index is 1010. The second-order valence-corrected chi connectivity index (χ2v) is 7.22. The van der Waals surface area contributed by atoms with Gasteiger partial charge in [-0.2, -0.15) is 5.10 Å². The summed E-state index contributed by atoms with van der Waals surface area (Å²) in [6.45, 7) is 0.482. The number of nitrogens with one attached hydrogen (secondary N) is 1. The van der Waals surface area contributed by atoms with Gasteiger partial charge in [0.05, 0.1) is 25.5 Å². The van der Waals surface area contributed by atoms with Crippen LogP contribution in [0.25, 0.3) is 11.3 Å². The number of aromatic nitrogens is 3. The number of primary amides is 1. The molecule has 0 bridgehead atoms. The van der Waals surface area contributed by atoms with Crippen LogP contribution in [0.5, 0.6) is 5.88 Å². The van der Waals surface area contributed by atoms with Crippen LogP contribution < -0.4 is 15.8 Å². The zero-order valence-corrected chi connectivity index (χ0v) is 17.7. The Hall–Kier alpha value is -3.72. The van der Waals surface area contributed by atoms with Crippen molar-refractivity contribution in [2.75, 3.05) is 13.2 Å². The number of carbonyl (C=O) groups excluding carboxylic acids is 2. The molecule has 9 nitrogen and oxygen atoms in total. The third kappa shape index (κ3) is 6.64. The normalized spacial score (nSPS) is 11.7. The highest BCUT2D eigenvalue weighted by molar-refractivity contribution is 5.86. The van der Waals surface area contributed by atoms with Gasteiger partial charge in [-0.05, 0) is 24.1 Å². The average Bonchev–Trinajstić information content (AvgIpc) is 3.20. The molecule has 0 saturated carbocycles. The van der Waals surface area contributed by atoms with Crippen molar-refractivity contribution in [1.29, 1.82) is 0 Å². The molecule has 2 aromatic heterocycles. The van der Waals surface area contributed by atoms with Gasteiger partial charge in [0.15, 0.2) is 0 Å². The summed E-state index contributed by atoms with van der Waals surface area (Å²) < 4.78 is 7.36. The third-order valence-electron chi connectivity index (χ3n) is 4.77. The standard InChI is InChI=1S/C23H27N5O4/c24-23(31)20(14-17-6-2-1-3-7-17)26-21(30)9-5-13-32-22-15-19(27-28(22)11-12-29)18-8-4-10-25-16-18/h1-4,6-8,10,15-16,20,29H,5,9,11-14H2,(H2,24,31)(H,26,30)/t20-/m0/s1. The lowest BCUT2D eigenvalue weighted by molar-refractivity contribution is -0.127. The van der Waals surface area contributed by atoms with Gasteiger partial charge in [-0.3, -0.25) is 14.6 Å². The number of carbonyl (C=O) groups is 2. The third-order valence-corrected chi connectivity index (χ3v) is 4.77. The van der Waals surface area contributed by atoms with E-state index < -0.39 is 11.9 Å². The number of nitrogens with two attached hydrogens (primary N) is 1. The Balaban J connectivity index is 1.50. The Morgan fingerprint density at radius 3 is 2.69 bits per heavy atom. The summed E-state index contributed by atoms with van der Waals surface area (Å²) in [7, 11) is 0. The maximum Gasteiger partial charge on any atom is 0.240 e. The van der Waals surface area contributed by atoms with E-state index in [1.54, 1.807) is 23.1 Å². The van der Waals surface area contributed by atoms with E-state index in [1.807, 2.05) is 42.5 Å². The molecule has 32 heavy (non-hydrogen) atoms. The molecule has 1 atom stereocenters. The molecule has 9 heteroatoms. The van der Waals surface area contributed by atoms with E-state index in [0.29, 0.717) is 24.4 Å². The molecule has 168 valence electrons. The largest absolute Gasteiger partial charge is 0.478 e. The fourth-order valence-corrected chi connectivity index (χ4v) is 3.17.